The zero-order valence-electron chi connectivity index (χ0n) is 26.8. The van der Waals surface area contributed by atoms with Crippen molar-refractivity contribution in [2.24, 2.45) is 5.92 Å². The molecule has 1 unspecified atom stereocenters. The normalized spacial score (nSPS) is 28.5. The van der Waals surface area contributed by atoms with Crippen LogP contribution < -0.4 is 15.4 Å². The highest BCUT2D eigenvalue weighted by Gasteiger charge is 2.50. The fraction of sp³-hybridized carbons (Fsp3) is 0.576. The predicted octanol–water partition coefficient (Wildman–Crippen LogP) is 4.74. The quantitative estimate of drug-likeness (QED) is 0.381. The van der Waals surface area contributed by atoms with Crippen LogP contribution in [-0.2, 0) is 23.0 Å². The molecule has 3 aliphatic heterocycles. The maximum Gasteiger partial charge on any atom is 0.448 e. The van der Waals surface area contributed by atoms with E-state index in [1.54, 1.807) is 11.6 Å². The van der Waals surface area contributed by atoms with Crippen molar-refractivity contribution in [3.05, 3.63) is 27.3 Å². The van der Waals surface area contributed by atoms with Gasteiger partial charge >= 0.3 is 11.8 Å². The molecule has 2 fully saturated rings. The van der Waals surface area contributed by atoms with Crippen LogP contribution in [0.2, 0.25) is 0 Å². The number of rotatable bonds is 5. The van der Waals surface area contributed by atoms with Crippen LogP contribution in [0.3, 0.4) is 0 Å². The molecule has 0 saturated carbocycles. The van der Waals surface area contributed by atoms with Gasteiger partial charge in [0.2, 0.25) is 11.4 Å². The van der Waals surface area contributed by atoms with Gasteiger partial charge in [0.1, 0.15) is 23.3 Å². The van der Waals surface area contributed by atoms with Crippen LogP contribution in [0.1, 0.15) is 72.7 Å². The van der Waals surface area contributed by atoms with Gasteiger partial charge in [-0.25, -0.2) is 14.1 Å². The molecule has 0 radical (unpaired) electrons. The Morgan fingerprint density at radius 3 is 2.81 bits per heavy atom. The van der Waals surface area contributed by atoms with Crippen LogP contribution in [0.5, 0.6) is 5.88 Å². The average Bonchev–Trinajstić information content (AvgIpc) is 3.87. The van der Waals surface area contributed by atoms with Crippen LogP contribution >= 0.6 is 11.3 Å². The molecule has 12 nitrogen and oxygen atoms in total. The van der Waals surface area contributed by atoms with Gasteiger partial charge in [-0.2, -0.15) is 14.8 Å². The summed E-state index contributed by atoms with van der Waals surface area (Å²) in [6.07, 6.45) is 6.79. The Kier molecular flexibility index (Phi) is 7.34. The number of thiophene rings is 1. The molecule has 14 heteroatoms. The number of urea groups is 1. The molecule has 2 saturated heterocycles. The molecule has 1 spiro atoms. The van der Waals surface area contributed by atoms with E-state index in [-0.39, 0.29) is 29.7 Å². The fourth-order valence-corrected chi connectivity index (χ4v) is 9.59. The Morgan fingerprint density at radius 1 is 1.28 bits per heavy atom. The van der Waals surface area contributed by atoms with Gasteiger partial charge in [-0.05, 0) is 70.9 Å². The van der Waals surface area contributed by atoms with E-state index in [1.165, 1.54) is 16.2 Å². The number of nitrogens with two attached hydrogens (primary N) is 1. The predicted molar refractivity (Wildman–Crippen MR) is 172 cm³/mol. The minimum Gasteiger partial charge on any atom is -0.470 e. The topological polar surface area (TPSA) is 147 Å². The van der Waals surface area contributed by atoms with E-state index in [1.807, 2.05) is 25.1 Å². The molecule has 5 atom stereocenters. The number of alkyl halides is 1. The number of nitrogens with zero attached hydrogens (tertiary/aromatic N) is 7. The third-order valence-electron chi connectivity index (χ3n) is 10.7. The summed E-state index contributed by atoms with van der Waals surface area (Å²) >= 11 is 1.51. The molecule has 6 heterocycles. The van der Waals surface area contributed by atoms with E-state index in [4.69, 9.17) is 29.7 Å². The third-order valence-corrected chi connectivity index (χ3v) is 11.8. The zero-order chi connectivity index (χ0) is 32.6. The SMILES string of the molecule is C[C@H](Oc1nc(-c2onc3c2CCC[C@@]32CCCc3sc(N)c(C#N)c32)nc2c1N(C)C(=O)[N+]2=CC1CCOC1)[C@@H]1C[C@H](F)CN1C. The van der Waals surface area contributed by atoms with Gasteiger partial charge in [0.05, 0.1) is 31.1 Å². The number of nitriles is 1. The second kappa shape index (κ2) is 11.4. The van der Waals surface area contributed by atoms with Gasteiger partial charge < -0.3 is 19.7 Å². The molecular weight excluding hydrogens is 623 g/mol. The second-order valence-corrected chi connectivity index (χ2v) is 14.7. The molecule has 0 aromatic carbocycles. The third kappa shape index (κ3) is 4.69. The molecule has 5 aliphatic rings. The Labute approximate surface area is 276 Å². The van der Waals surface area contributed by atoms with Gasteiger partial charge in [0.25, 0.3) is 11.7 Å². The maximum absolute atomic E-state index is 14.4. The summed E-state index contributed by atoms with van der Waals surface area (Å²) in [6, 6.07) is 1.94. The number of hydrogen-bond acceptors (Lipinski definition) is 11. The van der Waals surface area contributed by atoms with Crippen molar-refractivity contribution in [3.63, 3.8) is 0 Å². The molecule has 3 aromatic rings. The smallest absolute Gasteiger partial charge is 0.448 e. The van der Waals surface area contributed by atoms with Crippen molar-refractivity contribution in [1.82, 2.24) is 20.0 Å². The number of likely N-dealkylation sites (N-methyl/N-ethyl adjacent to an activating group) is 1. The number of aryl methyl sites for hydroxylation is 1. The van der Waals surface area contributed by atoms with Crippen molar-refractivity contribution in [2.75, 3.05) is 44.5 Å². The average molecular weight is 662 g/mol. The minimum atomic E-state index is -0.931. The highest BCUT2D eigenvalue weighted by atomic mass is 32.1. The number of nitrogen functional groups attached to an aromatic ring is 1. The number of carbonyl (C=O) groups is 1. The van der Waals surface area contributed by atoms with Crippen LogP contribution in [0.4, 0.5) is 25.7 Å². The Morgan fingerprint density at radius 2 is 2.09 bits per heavy atom. The van der Waals surface area contributed by atoms with E-state index >= 15 is 0 Å². The van der Waals surface area contributed by atoms with Crippen molar-refractivity contribution in [2.45, 2.75) is 82.0 Å². The van der Waals surface area contributed by atoms with Crippen molar-refractivity contribution < 1.29 is 27.8 Å². The van der Waals surface area contributed by atoms with Crippen LogP contribution in [0.25, 0.3) is 11.6 Å². The summed E-state index contributed by atoms with van der Waals surface area (Å²) in [5.41, 5.74) is 9.60. The number of amides is 2. The number of likely N-dealkylation sites (tertiary alicyclic amines) is 1. The molecule has 246 valence electrons. The van der Waals surface area contributed by atoms with Gasteiger partial charge in [-0.15, -0.1) is 11.3 Å². The van der Waals surface area contributed by atoms with Gasteiger partial charge in [0, 0.05) is 41.0 Å². The summed E-state index contributed by atoms with van der Waals surface area (Å²) < 4.78 is 34.2. The van der Waals surface area contributed by atoms with E-state index in [0.29, 0.717) is 60.4 Å². The molecule has 0 bridgehead atoms. The lowest BCUT2D eigenvalue weighted by Crippen LogP contribution is -2.38. The lowest BCUT2D eigenvalue weighted by atomic mass is 9.62. The highest BCUT2D eigenvalue weighted by molar-refractivity contribution is 7.16. The standard InChI is InChI=1S/C33H38FN8O4S/c1-17(22-12-19(34)15-40(22)2)45-31-25-30(42(32(43)41(25)3)14-18-8-11-44-16-18)37-29(38-31)26-20-6-4-9-33(27(20)39-46-26)10-5-7-23-24(33)21(13-35)28(36)47-23/h14,17-19,22H,4-12,15-16,36H2,1-3H3/q+1/t17-,18?,19-,22-,33-/m0/s1. The largest absolute Gasteiger partial charge is 0.470 e. The van der Waals surface area contributed by atoms with E-state index in [0.717, 1.165) is 60.2 Å². The number of carbonyl (C=O) groups excluding carboxylic acids is 1. The number of hydrogen-bond donors (Lipinski definition) is 1. The van der Waals surface area contributed by atoms with Gasteiger partial charge in [-0.1, -0.05) is 10.1 Å². The number of ether oxygens (including phenoxy) is 2. The van der Waals surface area contributed by atoms with Gasteiger partial charge in [0.15, 0.2) is 0 Å². The molecule has 2 amide bonds. The first kappa shape index (κ1) is 30.4. The summed E-state index contributed by atoms with van der Waals surface area (Å²) in [5.74, 6) is 1.38. The van der Waals surface area contributed by atoms with E-state index in [9.17, 15) is 14.4 Å². The van der Waals surface area contributed by atoms with Crippen molar-refractivity contribution in [3.8, 4) is 23.5 Å². The minimum absolute atomic E-state index is 0.0550. The molecule has 3 aromatic heterocycles. The van der Waals surface area contributed by atoms with Crippen LogP contribution in [-0.4, -0.2) is 89.0 Å². The Hall–Kier alpha value is -3.93. The molecule has 8 rings (SSSR count). The lowest BCUT2D eigenvalue weighted by Gasteiger charge is -2.39. The summed E-state index contributed by atoms with van der Waals surface area (Å²) in [6.45, 7) is 3.41. The van der Waals surface area contributed by atoms with E-state index in [2.05, 4.69) is 11.2 Å². The first-order valence-electron chi connectivity index (χ1n) is 16.4. The molecule has 2 aliphatic carbocycles. The van der Waals surface area contributed by atoms with Crippen molar-refractivity contribution in [1.29, 1.82) is 5.26 Å². The fourth-order valence-electron chi connectivity index (χ4n) is 8.43. The monoisotopic (exact) mass is 661 g/mol. The zero-order valence-corrected chi connectivity index (χ0v) is 27.6. The first-order valence-corrected chi connectivity index (χ1v) is 17.3. The van der Waals surface area contributed by atoms with Crippen LogP contribution in [0.15, 0.2) is 4.52 Å². The second-order valence-electron chi connectivity index (χ2n) is 13.6. The molecule has 2 N–H and O–H groups in total. The van der Waals surface area contributed by atoms with Crippen LogP contribution in [0, 0.1) is 17.2 Å². The number of fused-ring (bicyclic) bond motifs is 5. The maximum atomic E-state index is 14.4. The molecule has 47 heavy (non-hydrogen) atoms. The Balaban J connectivity index is 1.27. The number of anilines is 2. The summed E-state index contributed by atoms with van der Waals surface area (Å²) in [4.78, 5) is 28.2. The lowest BCUT2D eigenvalue weighted by molar-refractivity contribution is -0.324. The van der Waals surface area contributed by atoms with E-state index < -0.39 is 17.7 Å². The van der Waals surface area contributed by atoms with Gasteiger partial charge in [-0.3, -0.25) is 4.90 Å². The molecular formula is C33H38FN8O4S+. The van der Waals surface area contributed by atoms with Crippen molar-refractivity contribution >= 4 is 40.1 Å². The Bertz CT molecular complexity index is 1840. The summed E-state index contributed by atoms with van der Waals surface area (Å²) in [7, 11) is 3.57. The highest BCUT2D eigenvalue weighted by Crippen LogP contribution is 2.55. The number of halogens is 1. The first-order chi connectivity index (χ1) is 22.7. The number of aromatic nitrogens is 3. The summed E-state index contributed by atoms with van der Waals surface area (Å²) in [5, 5.41) is 15.3.